The molecular formula is C10H23N3O. The molecule has 0 rings (SSSR count). The lowest BCUT2D eigenvalue weighted by Crippen LogP contribution is -2.41. The fraction of sp³-hybridized carbons (Fsp3) is 0.900. The Morgan fingerprint density at radius 2 is 1.93 bits per heavy atom. The molecule has 0 aliphatic carbocycles. The molecule has 0 aromatic rings. The molecule has 0 amide bonds. The molecule has 3 N–H and O–H groups in total. The fourth-order valence-electron chi connectivity index (χ4n) is 1.72. The van der Waals surface area contributed by atoms with Crippen LogP contribution in [0.4, 0.5) is 0 Å². The third kappa shape index (κ3) is 4.46. The van der Waals surface area contributed by atoms with Gasteiger partial charge in [0.2, 0.25) is 0 Å². The van der Waals surface area contributed by atoms with Crippen LogP contribution in [0.25, 0.3) is 0 Å². The highest BCUT2D eigenvalue weighted by molar-refractivity contribution is 5.81. The van der Waals surface area contributed by atoms with E-state index in [4.69, 9.17) is 10.9 Å². The Morgan fingerprint density at radius 3 is 2.29 bits per heavy atom. The normalized spacial score (nSPS) is 12.8. The highest BCUT2D eigenvalue weighted by Gasteiger charge is 2.15. The Morgan fingerprint density at radius 1 is 1.36 bits per heavy atom. The number of nitrogens with two attached hydrogens (primary N) is 1. The van der Waals surface area contributed by atoms with E-state index < -0.39 is 0 Å². The maximum atomic E-state index is 8.52. The molecule has 0 heterocycles. The quantitative estimate of drug-likeness (QED) is 0.285. The van der Waals surface area contributed by atoms with Gasteiger partial charge in [-0.1, -0.05) is 25.9 Å². The van der Waals surface area contributed by atoms with Crippen LogP contribution in [0.1, 0.15) is 40.0 Å². The minimum absolute atomic E-state index is 0.297. The third-order valence-corrected chi connectivity index (χ3v) is 2.46. The Bertz CT molecular complexity index is 167. The van der Waals surface area contributed by atoms with Crippen molar-refractivity contribution in [2.75, 3.05) is 13.1 Å². The maximum absolute atomic E-state index is 8.52. The van der Waals surface area contributed by atoms with Crippen molar-refractivity contribution >= 4 is 5.84 Å². The highest BCUT2D eigenvalue weighted by Crippen LogP contribution is 2.08. The minimum Gasteiger partial charge on any atom is -0.409 e. The molecule has 0 aromatic heterocycles. The van der Waals surface area contributed by atoms with E-state index in [0.717, 1.165) is 25.8 Å². The second kappa shape index (κ2) is 7.62. The number of oxime groups is 1. The van der Waals surface area contributed by atoms with Crippen molar-refractivity contribution in [1.29, 1.82) is 0 Å². The Labute approximate surface area is 86.8 Å². The Balaban J connectivity index is 4.25. The van der Waals surface area contributed by atoms with Gasteiger partial charge in [0, 0.05) is 6.04 Å². The summed E-state index contributed by atoms with van der Waals surface area (Å²) in [6.45, 7) is 8.05. The average Bonchev–Trinajstić information content (AvgIpc) is 2.19. The molecule has 0 saturated carbocycles. The van der Waals surface area contributed by atoms with Gasteiger partial charge in [0.1, 0.15) is 0 Å². The van der Waals surface area contributed by atoms with Gasteiger partial charge in [-0.25, -0.2) is 0 Å². The third-order valence-electron chi connectivity index (χ3n) is 2.46. The van der Waals surface area contributed by atoms with Crippen molar-refractivity contribution in [3.05, 3.63) is 0 Å². The Kier molecular flexibility index (Phi) is 7.20. The zero-order valence-electron chi connectivity index (χ0n) is 9.53. The van der Waals surface area contributed by atoms with Gasteiger partial charge in [-0.2, -0.15) is 0 Å². The van der Waals surface area contributed by atoms with Crippen molar-refractivity contribution in [3.63, 3.8) is 0 Å². The summed E-state index contributed by atoms with van der Waals surface area (Å²) < 4.78 is 0. The first-order valence-electron chi connectivity index (χ1n) is 5.39. The van der Waals surface area contributed by atoms with Gasteiger partial charge in [0.15, 0.2) is 5.84 Å². The van der Waals surface area contributed by atoms with Crippen LogP contribution in [0.3, 0.4) is 0 Å². The number of hydrogen-bond donors (Lipinski definition) is 2. The molecule has 4 heteroatoms. The SMILES string of the molecule is CCCN(CC(N)=NO)C(CC)CC. The van der Waals surface area contributed by atoms with Gasteiger partial charge in [-0.15, -0.1) is 0 Å². The van der Waals surface area contributed by atoms with E-state index in [0.29, 0.717) is 18.4 Å². The molecule has 0 fully saturated rings. The average molecular weight is 201 g/mol. The van der Waals surface area contributed by atoms with Crippen LogP contribution in [-0.4, -0.2) is 35.1 Å². The lowest BCUT2D eigenvalue weighted by Gasteiger charge is -2.29. The summed E-state index contributed by atoms with van der Waals surface area (Å²) in [6, 6.07) is 0.537. The van der Waals surface area contributed by atoms with Crippen LogP contribution in [0.15, 0.2) is 5.16 Å². The first-order valence-corrected chi connectivity index (χ1v) is 5.39. The zero-order chi connectivity index (χ0) is 11.0. The largest absolute Gasteiger partial charge is 0.409 e. The van der Waals surface area contributed by atoms with Crippen LogP contribution in [0.2, 0.25) is 0 Å². The van der Waals surface area contributed by atoms with Crippen LogP contribution in [0, 0.1) is 0 Å². The summed E-state index contributed by atoms with van der Waals surface area (Å²) in [5.41, 5.74) is 5.51. The van der Waals surface area contributed by atoms with Crippen LogP contribution in [0.5, 0.6) is 0 Å². The molecule has 0 radical (unpaired) electrons. The van der Waals surface area contributed by atoms with Crippen molar-refractivity contribution in [2.24, 2.45) is 10.9 Å². The second-order valence-corrected chi connectivity index (χ2v) is 3.53. The monoisotopic (exact) mass is 201 g/mol. The molecule has 14 heavy (non-hydrogen) atoms. The fourth-order valence-corrected chi connectivity index (χ4v) is 1.72. The molecular weight excluding hydrogens is 178 g/mol. The number of amidine groups is 1. The molecule has 4 nitrogen and oxygen atoms in total. The van der Waals surface area contributed by atoms with Gasteiger partial charge in [0.05, 0.1) is 6.54 Å². The highest BCUT2D eigenvalue weighted by atomic mass is 16.4. The van der Waals surface area contributed by atoms with Gasteiger partial charge in [-0.05, 0) is 25.8 Å². The van der Waals surface area contributed by atoms with E-state index in [-0.39, 0.29) is 0 Å². The minimum atomic E-state index is 0.297. The van der Waals surface area contributed by atoms with E-state index in [1.54, 1.807) is 0 Å². The van der Waals surface area contributed by atoms with Crippen molar-refractivity contribution in [3.8, 4) is 0 Å². The molecule has 0 spiro atoms. The molecule has 84 valence electrons. The smallest absolute Gasteiger partial charge is 0.153 e. The van der Waals surface area contributed by atoms with Gasteiger partial charge in [-0.3, -0.25) is 4.90 Å². The molecule has 0 atom stereocenters. The summed E-state index contributed by atoms with van der Waals surface area (Å²) in [4.78, 5) is 2.27. The molecule has 0 aliphatic rings. The number of hydrogen-bond acceptors (Lipinski definition) is 3. The van der Waals surface area contributed by atoms with Gasteiger partial charge >= 0.3 is 0 Å². The van der Waals surface area contributed by atoms with Crippen molar-refractivity contribution < 1.29 is 5.21 Å². The predicted octanol–water partition coefficient (Wildman–Crippen LogP) is 1.63. The summed E-state index contributed by atoms with van der Waals surface area (Å²) in [5, 5.41) is 11.5. The van der Waals surface area contributed by atoms with E-state index in [2.05, 4.69) is 30.8 Å². The maximum Gasteiger partial charge on any atom is 0.153 e. The van der Waals surface area contributed by atoms with E-state index in [1.165, 1.54) is 0 Å². The topological polar surface area (TPSA) is 61.8 Å². The lowest BCUT2D eigenvalue weighted by atomic mass is 10.1. The predicted molar refractivity (Wildman–Crippen MR) is 59.6 cm³/mol. The summed E-state index contributed by atoms with van der Waals surface area (Å²) in [5.74, 6) is 0.297. The first kappa shape index (κ1) is 13.2. The van der Waals surface area contributed by atoms with E-state index in [1.807, 2.05) is 0 Å². The summed E-state index contributed by atoms with van der Waals surface area (Å²) in [6.07, 6.45) is 3.31. The molecule has 0 aromatic carbocycles. The first-order chi connectivity index (χ1) is 6.69. The lowest BCUT2D eigenvalue weighted by molar-refractivity contribution is 0.209. The molecule has 0 saturated heterocycles. The van der Waals surface area contributed by atoms with Crippen molar-refractivity contribution in [1.82, 2.24) is 4.90 Å². The van der Waals surface area contributed by atoms with E-state index >= 15 is 0 Å². The summed E-state index contributed by atoms with van der Waals surface area (Å²) in [7, 11) is 0. The van der Waals surface area contributed by atoms with E-state index in [9.17, 15) is 0 Å². The van der Waals surface area contributed by atoms with Gasteiger partial charge < -0.3 is 10.9 Å². The van der Waals surface area contributed by atoms with Crippen molar-refractivity contribution in [2.45, 2.75) is 46.1 Å². The van der Waals surface area contributed by atoms with Gasteiger partial charge in [0.25, 0.3) is 0 Å². The second-order valence-electron chi connectivity index (χ2n) is 3.53. The molecule has 0 bridgehead atoms. The molecule has 0 unspecified atom stereocenters. The molecule has 0 aliphatic heterocycles. The number of nitrogens with zero attached hydrogens (tertiary/aromatic N) is 2. The standard InChI is InChI=1S/C10H23N3O/c1-4-7-13(8-10(11)12-14)9(5-2)6-3/h9,14H,4-8H2,1-3H3,(H2,11,12). The van der Waals surface area contributed by atoms with Crippen LogP contribution in [-0.2, 0) is 0 Å². The van der Waals surface area contributed by atoms with Crippen LogP contribution < -0.4 is 5.73 Å². The Hall–Kier alpha value is -0.770. The number of rotatable bonds is 7. The zero-order valence-corrected chi connectivity index (χ0v) is 9.53. The summed E-state index contributed by atoms with van der Waals surface area (Å²) >= 11 is 0. The van der Waals surface area contributed by atoms with Crippen LogP contribution >= 0.6 is 0 Å².